The number of hydrogen-bond donors (Lipinski definition) is 2. The normalized spacial score (nSPS) is 24.9. The summed E-state index contributed by atoms with van der Waals surface area (Å²) < 4.78 is 0. The molecule has 0 aromatic heterocycles. The maximum atomic E-state index is 12.4. The highest BCUT2D eigenvalue weighted by Gasteiger charge is 2.43. The molecule has 0 aliphatic carbocycles. The number of nitrogens with one attached hydrogen (secondary N) is 1. The third-order valence-corrected chi connectivity index (χ3v) is 4.54. The van der Waals surface area contributed by atoms with E-state index >= 15 is 0 Å². The first kappa shape index (κ1) is 17.6. The van der Waals surface area contributed by atoms with Crippen LogP contribution in [0, 0.1) is 0 Å². The smallest absolute Gasteiger partial charge is 0.408 e. The topological polar surface area (TPSA) is 69.6 Å². The molecule has 0 radical (unpaired) electrons. The van der Waals surface area contributed by atoms with Gasteiger partial charge in [-0.3, -0.25) is 9.69 Å². The van der Waals surface area contributed by atoms with Gasteiger partial charge in [0.15, 0.2) is 0 Å². The number of carbonyl (C=O) groups is 2. The van der Waals surface area contributed by atoms with Crippen LogP contribution in [0.4, 0.5) is 4.79 Å². The van der Waals surface area contributed by atoms with E-state index in [1.165, 1.54) is 4.90 Å². The summed E-state index contributed by atoms with van der Waals surface area (Å²) >= 11 is 5.93. The van der Waals surface area contributed by atoms with Gasteiger partial charge in [-0.25, -0.2) is 4.79 Å². The highest BCUT2D eigenvalue weighted by molar-refractivity contribution is 6.30. The van der Waals surface area contributed by atoms with E-state index in [1.807, 2.05) is 31.2 Å². The standard InChI is InChI=1S/C17H23ClN2O3/c1-10-13(11-5-7-12(18)8-6-11)9-14(15(21)19-10)20(16(22)23)17(2,3)4/h5-8,10,13-14H,9H2,1-4H3,(H,19,21)(H,22,23). The minimum atomic E-state index is -1.08. The Hall–Kier alpha value is -1.75. The molecule has 6 heteroatoms. The van der Waals surface area contributed by atoms with Crippen LogP contribution in [0.25, 0.3) is 0 Å². The molecule has 0 spiro atoms. The zero-order chi connectivity index (χ0) is 17.4. The maximum Gasteiger partial charge on any atom is 0.408 e. The SMILES string of the molecule is CC1NC(=O)C(N(C(=O)O)C(C)(C)C)CC1c1ccc(Cl)cc1. The van der Waals surface area contributed by atoms with E-state index in [-0.39, 0.29) is 17.9 Å². The van der Waals surface area contributed by atoms with Crippen LogP contribution >= 0.6 is 11.6 Å². The number of rotatable bonds is 2. The van der Waals surface area contributed by atoms with E-state index in [9.17, 15) is 14.7 Å². The Kier molecular flexibility index (Phi) is 4.90. The molecule has 3 atom stereocenters. The van der Waals surface area contributed by atoms with Crippen molar-refractivity contribution in [3.8, 4) is 0 Å². The fourth-order valence-corrected chi connectivity index (χ4v) is 3.34. The number of carbonyl (C=O) groups excluding carboxylic acids is 1. The molecule has 1 aromatic carbocycles. The zero-order valence-corrected chi connectivity index (χ0v) is 14.6. The second-order valence-electron chi connectivity index (χ2n) is 7.03. The second kappa shape index (κ2) is 6.40. The van der Waals surface area contributed by atoms with Crippen LogP contribution in [0.15, 0.2) is 24.3 Å². The lowest BCUT2D eigenvalue weighted by Gasteiger charge is -2.44. The molecule has 1 aliphatic rings. The molecule has 1 fully saturated rings. The third-order valence-electron chi connectivity index (χ3n) is 4.29. The van der Waals surface area contributed by atoms with Gasteiger partial charge in [0.05, 0.1) is 0 Å². The lowest BCUT2D eigenvalue weighted by molar-refractivity contribution is -0.131. The summed E-state index contributed by atoms with van der Waals surface area (Å²) in [7, 11) is 0. The molecule has 126 valence electrons. The first-order chi connectivity index (χ1) is 10.6. The maximum absolute atomic E-state index is 12.4. The quantitative estimate of drug-likeness (QED) is 0.867. The number of benzene rings is 1. The molecule has 1 aromatic rings. The van der Waals surface area contributed by atoms with Crippen molar-refractivity contribution >= 4 is 23.6 Å². The van der Waals surface area contributed by atoms with Gasteiger partial charge >= 0.3 is 6.09 Å². The average Bonchev–Trinajstić information content (AvgIpc) is 2.41. The minimum absolute atomic E-state index is 0.0409. The number of nitrogens with zero attached hydrogens (tertiary/aromatic N) is 1. The molecule has 5 nitrogen and oxygen atoms in total. The molecule has 23 heavy (non-hydrogen) atoms. The molecule has 3 unspecified atom stereocenters. The number of hydrogen-bond acceptors (Lipinski definition) is 2. The molecule has 1 saturated heterocycles. The van der Waals surface area contributed by atoms with Gasteiger partial charge in [-0.15, -0.1) is 0 Å². The largest absolute Gasteiger partial charge is 0.465 e. The number of amides is 2. The summed E-state index contributed by atoms with van der Waals surface area (Å²) in [5.41, 5.74) is 0.394. The van der Waals surface area contributed by atoms with Crippen molar-refractivity contribution in [1.29, 1.82) is 0 Å². The molecular weight excluding hydrogens is 316 g/mol. The second-order valence-corrected chi connectivity index (χ2v) is 7.47. The van der Waals surface area contributed by atoms with Crippen LogP contribution < -0.4 is 5.32 Å². The van der Waals surface area contributed by atoms with Gasteiger partial charge < -0.3 is 10.4 Å². The van der Waals surface area contributed by atoms with Crippen LogP contribution in [-0.2, 0) is 4.79 Å². The van der Waals surface area contributed by atoms with Crippen molar-refractivity contribution in [2.24, 2.45) is 0 Å². The van der Waals surface area contributed by atoms with Crippen molar-refractivity contribution in [2.45, 2.75) is 57.7 Å². The number of carboxylic acid groups (broad SMARTS) is 1. The Morgan fingerprint density at radius 2 is 1.87 bits per heavy atom. The lowest BCUT2D eigenvalue weighted by Crippen LogP contribution is -2.61. The molecule has 0 bridgehead atoms. The van der Waals surface area contributed by atoms with E-state index in [2.05, 4.69) is 5.32 Å². The van der Waals surface area contributed by atoms with Crippen molar-refractivity contribution in [3.05, 3.63) is 34.9 Å². The van der Waals surface area contributed by atoms with Crippen molar-refractivity contribution in [2.75, 3.05) is 0 Å². The Bertz CT molecular complexity index is 595. The highest BCUT2D eigenvalue weighted by Crippen LogP contribution is 2.33. The predicted molar refractivity (Wildman–Crippen MR) is 89.8 cm³/mol. The number of piperidine rings is 1. The fourth-order valence-electron chi connectivity index (χ4n) is 3.22. The Labute approximate surface area is 141 Å². The molecule has 2 amide bonds. The van der Waals surface area contributed by atoms with Gasteiger partial charge in [0.2, 0.25) is 5.91 Å². The first-order valence-corrected chi connectivity index (χ1v) is 8.07. The molecule has 1 aliphatic heterocycles. The van der Waals surface area contributed by atoms with E-state index in [4.69, 9.17) is 11.6 Å². The van der Waals surface area contributed by atoms with Crippen molar-refractivity contribution in [1.82, 2.24) is 10.2 Å². The van der Waals surface area contributed by atoms with Gasteiger partial charge in [0, 0.05) is 22.5 Å². The summed E-state index contributed by atoms with van der Waals surface area (Å²) in [6.45, 7) is 7.33. The van der Waals surface area contributed by atoms with Crippen LogP contribution in [0.2, 0.25) is 5.02 Å². The van der Waals surface area contributed by atoms with E-state index in [0.29, 0.717) is 11.4 Å². The molecule has 2 N–H and O–H groups in total. The van der Waals surface area contributed by atoms with E-state index in [1.54, 1.807) is 20.8 Å². The summed E-state index contributed by atoms with van der Waals surface area (Å²) in [5.74, 6) is -0.195. The van der Waals surface area contributed by atoms with Crippen molar-refractivity contribution < 1.29 is 14.7 Å². The highest BCUT2D eigenvalue weighted by atomic mass is 35.5. The Balaban J connectivity index is 2.33. The van der Waals surface area contributed by atoms with Crippen LogP contribution in [0.5, 0.6) is 0 Å². The summed E-state index contributed by atoms with van der Waals surface area (Å²) in [5, 5.41) is 13.1. The van der Waals surface area contributed by atoms with Crippen LogP contribution in [-0.4, -0.2) is 39.6 Å². The first-order valence-electron chi connectivity index (χ1n) is 7.69. The average molecular weight is 339 g/mol. The van der Waals surface area contributed by atoms with Gasteiger partial charge in [0.1, 0.15) is 6.04 Å². The fraction of sp³-hybridized carbons (Fsp3) is 0.529. The summed E-state index contributed by atoms with van der Waals surface area (Å²) in [6, 6.07) is 6.72. The van der Waals surface area contributed by atoms with E-state index in [0.717, 1.165) is 5.56 Å². The molecular formula is C17H23ClN2O3. The summed E-state index contributed by atoms with van der Waals surface area (Å²) in [4.78, 5) is 25.3. The van der Waals surface area contributed by atoms with Gasteiger partial charge in [-0.1, -0.05) is 23.7 Å². The van der Waals surface area contributed by atoms with Gasteiger partial charge in [-0.2, -0.15) is 0 Å². The van der Waals surface area contributed by atoms with Gasteiger partial charge in [0.25, 0.3) is 0 Å². The predicted octanol–water partition coefficient (Wildman–Crippen LogP) is 3.48. The Morgan fingerprint density at radius 3 is 2.35 bits per heavy atom. The lowest BCUT2D eigenvalue weighted by atomic mass is 9.82. The molecule has 2 rings (SSSR count). The third kappa shape index (κ3) is 3.78. The van der Waals surface area contributed by atoms with Crippen molar-refractivity contribution in [3.63, 3.8) is 0 Å². The Morgan fingerprint density at radius 1 is 1.30 bits per heavy atom. The molecule has 1 heterocycles. The summed E-state index contributed by atoms with van der Waals surface area (Å²) in [6.07, 6.45) is -0.625. The van der Waals surface area contributed by atoms with E-state index < -0.39 is 17.7 Å². The zero-order valence-electron chi connectivity index (χ0n) is 13.8. The molecule has 0 saturated carbocycles. The minimum Gasteiger partial charge on any atom is -0.465 e. The van der Waals surface area contributed by atoms with Gasteiger partial charge in [-0.05, 0) is 51.8 Å². The van der Waals surface area contributed by atoms with Crippen LogP contribution in [0.3, 0.4) is 0 Å². The number of halogens is 1. The monoisotopic (exact) mass is 338 g/mol. The van der Waals surface area contributed by atoms with Crippen LogP contribution in [0.1, 0.15) is 45.6 Å².